The fourth-order valence-corrected chi connectivity index (χ4v) is 2.35. The highest BCUT2D eigenvalue weighted by Crippen LogP contribution is 2.28. The second-order valence-electron chi connectivity index (χ2n) is 3.84. The number of aromatic hydroxyl groups is 1. The van der Waals surface area contributed by atoms with Crippen LogP contribution >= 0.6 is 11.6 Å². The Balaban J connectivity index is 3.45. The average molecular weight is 282 g/mol. The first-order chi connectivity index (χ1) is 7.63. The molecule has 0 saturated heterocycles. The Morgan fingerprint density at radius 1 is 1.47 bits per heavy atom. The van der Waals surface area contributed by atoms with Gasteiger partial charge in [0.2, 0.25) is 5.88 Å². The Hall–Kier alpha value is -1.05. The van der Waals surface area contributed by atoms with Gasteiger partial charge in [-0.2, -0.15) is 8.42 Å². The molecule has 6 nitrogen and oxygen atoms in total. The van der Waals surface area contributed by atoms with Crippen LogP contribution in [0.2, 0.25) is 5.02 Å². The third-order valence-corrected chi connectivity index (χ3v) is 3.18. The molecule has 0 unspecified atom stereocenters. The van der Waals surface area contributed by atoms with E-state index in [0.29, 0.717) is 0 Å². The molecule has 2 N–H and O–H groups in total. The minimum atomic E-state index is -4.31. The van der Waals surface area contributed by atoms with E-state index in [0.717, 1.165) is 10.6 Å². The van der Waals surface area contributed by atoms with E-state index in [2.05, 4.69) is 0 Å². The van der Waals surface area contributed by atoms with Crippen molar-refractivity contribution in [3.8, 4) is 5.88 Å². The van der Waals surface area contributed by atoms with Gasteiger partial charge in [-0.25, -0.2) is 0 Å². The summed E-state index contributed by atoms with van der Waals surface area (Å²) in [4.78, 5) is 11.6. The van der Waals surface area contributed by atoms with Gasteiger partial charge in [0.15, 0.2) is 0 Å². The lowest BCUT2D eigenvalue weighted by Crippen LogP contribution is -2.22. The topological polar surface area (TPSA) is 96.6 Å². The SMILES string of the molecule is CC(C)n1c(O)c(Cl)c(CS(=O)(=O)O)cc1=O. The van der Waals surface area contributed by atoms with Gasteiger partial charge in [-0.15, -0.1) is 0 Å². The minimum Gasteiger partial charge on any atom is -0.493 e. The van der Waals surface area contributed by atoms with Crippen molar-refractivity contribution in [2.75, 3.05) is 0 Å². The van der Waals surface area contributed by atoms with Crippen molar-refractivity contribution >= 4 is 21.7 Å². The predicted octanol–water partition coefficient (Wildman–Crippen LogP) is 1.18. The summed E-state index contributed by atoms with van der Waals surface area (Å²) in [6.45, 7) is 3.33. The fraction of sp³-hybridized carbons (Fsp3) is 0.444. The van der Waals surface area contributed by atoms with Gasteiger partial charge in [0, 0.05) is 12.1 Å². The van der Waals surface area contributed by atoms with E-state index in [9.17, 15) is 18.3 Å². The first-order valence-electron chi connectivity index (χ1n) is 4.71. The molecule has 1 aromatic rings. The van der Waals surface area contributed by atoms with Crippen molar-refractivity contribution in [1.82, 2.24) is 4.57 Å². The molecule has 8 heteroatoms. The summed E-state index contributed by atoms with van der Waals surface area (Å²) in [5.41, 5.74) is -0.714. The monoisotopic (exact) mass is 281 g/mol. The summed E-state index contributed by atoms with van der Waals surface area (Å²) in [5, 5.41) is 9.43. The lowest BCUT2D eigenvalue weighted by Gasteiger charge is -2.14. The van der Waals surface area contributed by atoms with Gasteiger partial charge in [-0.3, -0.25) is 13.9 Å². The number of pyridine rings is 1. The summed E-state index contributed by atoms with van der Waals surface area (Å²) in [5.74, 6) is -1.32. The van der Waals surface area contributed by atoms with Crippen molar-refractivity contribution < 1.29 is 18.1 Å². The molecule has 0 saturated carbocycles. The zero-order valence-electron chi connectivity index (χ0n) is 9.21. The molecule has 0 aliphatic heterocycles. The number of nitrogens with zero attached hydrogens (tertiary/aromatic N) is 1. The molecule has 0 aliphatic rings. The molecule has 0 fully saturated rings. The number of hydrogen-bond donors (Lipinski definition) is 2. The van der Waals surface area contributed by atoms with Crippen molar-refractivity contribution in [3.05, 3.63) is 27.0 Å². The standard InChI is InChI=1S/C9H12ClNO5S/c1-5(2)11-7(12)3-6(4-17(14,15)16)8(10)9(11)13/h3,5,13H,4H2,1-2H3,(H,14,15,16). The minimum absolute atomic E-state index is 0.131. The quantitative estimate of drug-likeness (QED) is 0.811. The maximum atomic E-state index is 11.6. The van der Waals surface area contributed by atoms with Crippen molar-refractivity contribution in [3.63, 3.8) is 0 Å². The van der Waals surface area contributed by atoms with Gasteiger partial charge in [0.25, 0.3) is 15.7 Å². The molecule has 0 aromatic carbocycles. The second kappa shape index (κ2) is 4.67. The molecular weight excluding hydrogens is 270 g/mol. The van der Waals surface area contributed by atoms with Gasteiger partial charge in [0.1, 0.15) is 10.8 Å². The van der Waals surface area contributed by atoms with Crippen LogP contribution in [0.4, 0.5) is 0 Å². The molecule has 17 heavy (non-hydrogen) atoms. The average Bonchev–Trinajstić information content (AvgIpc) is 2.10. The van der Waals surface area contributed by atoms with Crippen LogP contribution in [-0.4, -0.2) is 22.6 Å². The predicted molar refractivity (Wildman–Crippen MR) is 63.0 cm³/mol. The Morgan fingerprint density at radius 2 is 2.00 bits per heavy atom. The highest BCUT2D eigenvalue weighted by Gasteiger charge is 2.18. The van der Waals surface area contributed by atoms with Gasteiger partial charge in [0.05, 0.1) is 0 Å². The molecule has 96 valence electrons. The van der Waals surface area contributed by atoms with Crippen molar-refractivity contribution in [2.45, 2.75) is 25.6 Å². The lowest BCUT2D eigenvalue weighted by atomic mass is 10.2. The number of rotatable bonds is 3. The Morgan fingerprint density at radius 3 is 2.41 bits per heavy atom. The van der Waals surface area contributed by atoms with E-state index in [4.69, 9.17) is 16.2 Å². The van der Waals surface area contributed by atoms with E-state index >= 15 is 0 Å². The molecule has 1 aromatic heterocycles. The summed E-state index contributed by atoms with van der Waals surface area (Å²) in [7, 11) is -4.31. The maximum Gasteiger partial charge on any atom is 0.269 e. The third-order valence-electron chi connectivity index (χ3n) is 2.10. The second-order valence-corrected chi connectivity index (χ2v) is 5.67. The van der Waals surface area contributed by atoms with Crippen LogP contribution in [0.15, 0.2) is 10.9 Å². The van der Waals surface area contributed by atoms with Gasteiger partial charge in [-0.1, -0.05) is 11.6 Å². The molecule has 0 aliphatic carbocycles. The Labute approximate surface area is 103 Å². The van der Waals surface area contributed by atoms with E-state index in [1.54, 1.807) is 13.8 Å². The van der Waals surface area contributed by atoms with Gasteiger partial charge in [-0.05, 0) is 19.4 Å². The number of halogens is 1. The van der Waals surface area contributed by atoms with Crippen molar-refractivity contribution in [2.24, 2.45) is 0 Å². The maximum absolute atomic E-state index is 11.6. The van der Waals surface area contributed by atoms with E-state index in [-0.39, 0.29) is 16.6 Å². The largest absolute Gasteiger partial charge is 0.493 e. The zero-order chi connectivity index (χ0) is 13.4. The Bertz CT molecular complexity index is 590. The Kier molecular flexibility index (Phi) is 3.85. The molecule has 0 atom stereocenters. The van der Waals surface area contributed by atoms with Crippen LogP contribution in [0.25, 0.3) is 0 Å². The molecule has 0 radical (unpaired) electrons. The third kappa shape index (κ3) is 3.21. The first-order valence-corrected chi connectivity index (χ1v) is 6.70. The van der Waals surface area contributed by atoms with Gasteiger partial charge >= 0.3 is 0 Å². The van der Waals surface area contributed by atoms with Crippen LogP contribution in [0, 0.1) is 0 Å². The summed E-state index contributed by atoms with van der Waals surface area (Å²) >= 11 is 5.74. The van der Waals surface area contributed by atoms with Crippen LogP contribution in [0.3, 0.4) is 0 Å². The van der Waals surface area contributed by atoms with Crippen molar-refractivity contribution in [1.29, 1.82) is 0 Å². The van der Waals surface area contributed by atoms with E-state index < -0.39 is 27.3 Å². The van der Waals surface area contributed by atoms with Crippen LogP contribution < -0.4 is 5.56 Å². The van der Waals surface area contributed by atoms with Crippen LogP contribution in [0.1, 0.15) is 25.5 Å². The summed E-state index contributed by atoms with van der Waals surface area (Å²) < 4.78 is 31.1. The van der Waals surface area contributed by atoms with Gasteiger partial charge < -0.3 is 5.11 Å². The normalized spacial score (nSPS) is 12.1. The lowest BCUT2D eigenvalue weighted by molar-refractivity contribution is 0.387. The molecule has 0 bridgehead atoms. The highest BCUT2D eigenvalue weighted by atomic mass is 35.5. The zero-order valence-corrected chi connectivity index (χ0v) is 10.8. The molecule has 1 heterocycles. The first kappa shape index (κ1) is 14.0. The summed E-state index contributed by atoms with van der Waals surface area (Å²) in [6.07, 6.45) is 0. The smallest absolute Gasteiger partial charge is 0.269 e. The number of hydrogen-bond acceptors (Lipinski definition) is 4. The van der Waals surface area contributed by atoms with Crippen LogP contribution in [-0.2, 0) is 15.9 Å². The molecule has 0 spiro atoms. The molecular formula is C9H12ClNO5S. The number of aromatic nitrogens is 1. The highest BCUT2D eigenvalue weighted by molar-refractivity contribution is 7.85. The molecule has 1 rings (SSSR count). The summed E-state index contributed by atoms with van der Waals surface area (Å²) in [6, 6.07) is 0.662. The van der Waals surface area contributed by atoms with E-state index in [1.165, 1.54) is 0 Å². The van der Waals surface area contributed by atoms with E-state index in [1.807, 2.05) is 0 Å². The molecule has 0 amide bonds. The fourth-order valence-electron chi connectivity index (χ4n) is 1.44. The van der Waals surface area contributed by atoms with Crippen LogP contribution in [0.5, 0.6) is 5.88 Å².